The van der Waals surface area contributed by atoms with Gasteiger partial charge in [-0.15, -0.1) is 0 Å². The Kier molecular flexibility index (Phi) is 29.5. The molecule has 1 aromatic carbocycles. The molecule has 0 radical (unpaired) electrons. The molecule has 26 nitrogen and oxygen atoms in total. The minimum absolute atomic E-state index is 0.00164. The molecule has 0 saturated heterocycles. The maximum atomic E-state index is 14.2. The summed E-state index contributed by atoms with van der Waals surface area (Å²) >= 11 is 0. The van der Waals surface area contributed by atoms with Gasteiger partial charge >= 0.3 is 0 Å². The fraction of sp³-hybridized carbons (Fsp3) is 0.667. The van der Waals surface area contributed by atoms with Crippen molar-refractivity contribution in [1.29, 1.82) is 0 Å². The molecule has 21 N–H and O–H groups in total. The summed E-state index contributed by atoms with van der Waals surface area (Å²) in [6.45, 7) is 5.55. The molecule has 0 heterocycles. The lowest BCUT2D eigenvalue weighted by molar-refractivity contribution is -0.136. The molecule has 8 atom stereocenters. The van der Waals surface area contributed by atoms with Gasteiger partial charge in [0.05, 0.1) is 19.2 Å². The van der Waals surface area contributed by atoms with E-state index in [-0.39, 0.29) is 102 Å². The van der Waals surface area contributed by atoms with E-state index in [1.807, 2.05) is 0 Å². The number of nitrogens with one attached hydrogen (secondary N) is 10. The summed E-state index contributed by atoms with van der Waals surface area (Å²) in [5.74, 6) is -7.62. The van der Waals surface area contributed by atoms with Crippen molar-refractivity contribution >= 4 is 59.1 Å². The fourth-order valence-electron chi connectivity index (χ4n) is 8.01. The first kappa shape index (κ1) is 63.8. The van der Waals surface area contributed by atoms with E-state index in [0.717, 1.165) is 0 Å². The van der Waals surface area contributed by atoms with Crippen LogP contribution in [0.2, 0.25) is 0 Å². The maximum absolute atomic E-state index is 14.2. The largest absolute Gasteiger partial charge is 0.391 e. The lowest BCUT2D eigenvalue weighted by Crippen LogP contribution is -2.61. The first-order valence-electron chi connectivity index (χ1n) is 25.4. The van der Waals surface area contributed by atoms with E-state index in [2.05, 4.69) is 53.2 Å². The van der Waals surface area contributed by atoms with Crippen molar-refractivity contribution < 1.29 is 53.1 Å². The number of carbonyl (C=O) groups is 10. The van der Waals surface area contributed by atoms with Gasteiger partial charge in [0.15, 0.2) is 0 Å². The third-order valence-corrected chi connectivity index (χ3v) is 12.0. The number of aliphatic hydroxyl groups is 1. The molecule has 1 fully saturated rings. The average Bonchev–Trinajstić information content (AvgIpc) is 3.35. The van der Waals surface area contributed by atoms with Crippen molar-refractivity contribution in [3.63, 3.8) is 0 Å². The number of amides is 10. The van der Waals surface area contributed by atoms with Gasteiger partial charge in [-0.05, 0) is 109 Å². The number of carbonyl (C=O) groups excluding carboxylic acids is 10. The highest BCUT2D eigenvalue weighted by Crippen LogP contribution is 2.23. The van der Waals surface area contributed by atoms with Crippen LogP contribution in [0.4, 0.5) is 0 Å². The number of rotatable bonds is 33. The van der Waals surface area contributed by atoms with Crippen LogP contribution in [0, 0.1) is 11.8 Å². The van der Waals surface area contributed by atoms with Crippen molar-refractivity contribution in [2.45, 2.75) is 146 Å². The normalized spacial score (nSPS) is 17.5. The van der Waals surface area contributed by atoms with E-state index in [1.165, 1.54) is 6.92 Å². The average molecular weight is 1050 g/mol. The second kappa shape index (κ2) is 34.2. The minimum atomic E-state index is -1.34. The molecule has 1 aliphatic rings. The Hall–Kier alpha value is -6.32. The van der Waals surface area contributed by atoms with Crippen LogP contribution in [0.1, 0.15) is 91.0 Å². The van der Waals surface area contributed by atoms with E-state index in [9.17, 15) is 53.1 Å². The molecule has 26 heteroatoms. The van der Waals surface area contributed by atoms with Crippen molar-refractivity contribution in [3.8, 4) is 0 Å². The van der Waals surface area contributed by atoms with Gasteiger partial charge in [-0.1, -0.05) is 44.2 Å². The summed E-state index contributed by atoms with van der Waals surface area (Å²) in [5.41, 5.74) is 29.7. The quantitative estimate of drug-likeness (QED) is 0.0312. The highest BCUT2D eigenvalue weighted by Gasteiger charge is 2.35. The molecule has 1 saturated carbocycles. The van der Waals surface area contributed by atoms with E-state index in [0.29, 0.717) is 31.2 Å². The third-order valence-electron chi connectivity index (χ3n) is 12.0. The second-order valence-electron chi connectivity index (χ2n) is 18.8. The molecule has 416 valence electrons. The molecular formula is C48H83N15O11. The molecule has 1 aliphatic carbocycles. The zero-order chi connectivity index (χ0) is 55.3. The summed E-state index contributed by atoms with van der Waals surface area (Å²) in [7, 11) is 0. The minimum Gasteiger partial charge on any atom is -0.391 e. The number of hydrogen-bond donors (Lipinski definition) is 16. The van der Waals surface area contributed by atoms with E-state index < -0.39 is 108 Å². The lowest BCUT2D eigenvalue weighted by Gasteiger charge is -2.28. The lowest BCUT2D eigenvalue weighted by atomic mass is 9.86. The highest BCUT2D eigenvalue weighted by molar-refractivity contribution is 5.98. The predicted octanol–water partition coefficient (Wildman–Crippen LogP) is -5.67. The Morgan fingerprint density at radius 1 is 0.527 bits per heavy atom. The molecule has 10 amide bonds. The molecule has 0 aliphatic heterocycles. The van der Waals surface area contributed by atoms with Gasteiger partial charge in [0, 0.05) is 24.9 Å². The molecule has 2 unspecified atom stereocenters. The molecule has 74 heavy (non-hydrogen) atoms. The number of likely N-dealkylation sites (N-methyl/N-ethyl adjacent to an activating group) is 1. The third kappa shape index (κ3) is 23.3. The topological polar surface area (TPSA) is 441 Å². The van der Waals surface area contributed by atoms with Crippen LogP contribution in [0.5, 0.6) is 0 Å². The zero-order valence-corrected chi connectivity index (χ0v) is 43.2. The number of aliphatic hydroxyl groups excluding tert-OH is 1. The van der Waals surface area contributed by atoms with Crippen LogP contribution >= 0.6 is 0 Å². The molecule has 0 spiro atoms. The van der Waals surface area contributed by atoms with Gasteiger partial charge in [0.1, 0.15) is 42.3 Å². The van der Waals surface area contributed by atoms with Crippen LogP contribution in [-0.2, 0) is 54.4 Å². The van der Waals surface area contributed by atoms with Crippen LogP contribution in [-0.4, -0.2) is 164 Å². The monoisotopic (exact) mass is 1050 g/mol. The SMILES string of the molecule is CCNC(=O)C(NC(=O)[C@H](CCN)NC(=O)[C@H](CCN)NC(=O)[C@H](CC(C)C)NC(=O)[C@@H](Cc1ccccc1)NC(=O)[C@H](CCN)NC(=O)CNC(=O)[C@H](CCN)NC(=O)CNC(=O)[C@H]1CC[C@@H](N)CC1)C(C)O. The Morgan fingerprint density at radius 2 is 0.946 bits per heavy atom. The van der Waals surface area contributed by atoms with Crippen molar-refractivity contribution in [2.75, 3.05) is 45.8 Å². The van der Waals surface area contributed by atoms with E-state index in [4.69, 9.17) is 28.7 Å². The van der Waals surface area contributed by atoms with Crippen LogP contribution in [0.3, 0.4) is 0 Å². The van der Waals surface area contributed by atoms with Gasteiger partial charge < -0.3 is 86.9 Å². The molecule has 1 aromatic rings. The molecular weight excluding hydrogens is 963 g/mol. The maximum Gasteiger partial charge on any atom is 0.245 e. The van der Waals surface area contributed by atoms with Gasteiger partial charge in [0.25, 0.3) is 0 Å². The summed E-state index contributed by atoms with van der Waals surface area (Å²) in [5, 5.41) is 35.7. The van der Waals surface area contributed by atoms with Crippen LogP contribution < -0.4 is 81.8 Å². The Balaban J connectivity index is 2.21. The summed E-state index contributed by atoms with van der Waals surface area (Å²) in [6, 6.07) is -0.323. The Morgan fingerprint density at radius 3 is 1.42 bits per heavy atom. The van der Waals surface area contributed by atoms with E-state index >= 15 is 0 Å². The van der Waals surface area contributed by atoms with Gasteiger partial charge in [-0.3, -0.25) is 47.9 Å². The molecule has 2 rings (SSSR count). The molecule has 0 aromatic heterocycles. The fourth-order valence-corrected chi connectivity index (χ4v) is 8.01. The second-order valence-corrected chi connectivity index (χ2v) is 18.8. The van der Waals surface area contributed by atoms with Gasteiger partial charge in [0.2, 0.25) is 59.1 Å². The summed E-state index contributed by atoms with van der Waals surface area (Å²) in [4.78, 5) is 133. The first-order chi connectivity index (χ1) is 35.2. The zero-order valence-electron chi connectivity index (χ0n) is 43.2. The van der Waals surface area contributed by atoms with Crippen molar-refractivity contribution in [3.05, 3.63) is 35.9 Å². The van der Waals surface area contributed by atoms with Crippen molar-refractivity contribution in [2.24, 2.45) is 40.5 Å². The van der Waals surface area contributed by atoms with E-state index in [1.54, 1.807) is 51.1 Å². The van der Waals surface area contributed by atoms with Crippen LogP contribution in [0.15, 0.2) is 30.3 Å². The van der Waals surface area contributed by atoms with Gasteiger partial charge in [-0.25, -0.2) is 0 Å². The summed E-state index contributed by atoms with van der Waals surface area (Å²) < 4.78 is 0. The van der Waals surface area contributed by atoms with Gasteiger partial charge in [-0.2, -0.15) is 0 Å². The van der Waals surface area contributed by atoms with Crippen LogP contribution in [0.25, 0.3) is 0 Å². The number of nitrogens with two attached hydrogens (primary N) is 5. The molecule has 0 bridgehead atoms. The Bertz CT molecular complexity index is 1990. The number of hydrogen-bond acceptors (Lipinski definition) is 16. The van der Waals surface area contributed by atoms with Crippen molar-refractivity contribution in [1.82, 2.24) is 53.2 Å². The first-order valence-corrected chi connectivity index (χ1v) is 25.4. The highest BCUT2D eigenvalue weighted by atomic mass is 16.3. The predicted molar refractivity (Wildman–Crippen MR) is 274 cm³/mol. The summed E-state index contributed by atoms with van der Waals surface area (Å²) in [6.07, 6.45) is 1.06. The Labute approximate surface area is 432 Å². The smallest absolute Gasteiger partial charge is 0.245 e. The number of benzene rings is 1. The standard InChI is InChI=1S/C48H83N15O11/c1-5-54-48(74)40(28(4)64)63-45(71)35(18-22-52)59-44(70)34(17-21-51)60-46(72)36(23-27(2)3)61-47(73)37(24-29-9-7-6-8-10-29)62-43(69)33(16-20-50)58-39(66)26-56-42(68)32(15-19-49)57-38(65)25-55-41(67)30-11-13-31(53)14-12-30/h6-10,27-28,30-37,40,64H,5,11-26,49-53H2,1-4H3,(H,54,74)(H,55,67)(H,56,68)(H,57,65)(H,58,66)(H,59,70)(H,60,72)(H,61,73)(H,62,69)(H,63,71)/t28?,30-,31+,32-,33-,34-,35-,36-,37+,40?/m0/s1.